The molecule has 4 heterocycles. The summed E-state index contributed by atoms with van der Waals surface area (Å²) in [6, 6.07) is 6.49. The van der Waals surface area contributed by atoms with E-state index in [4.69, 9.17) is 10.5 Å². The Morgan fingerprint density at radius 3 is 2.83 bits per heavy atom. The first kappa shape index (κ1) is 19.2. The number of hydrogen-bond donors (Lipinski definition) is 2. The highest BCUT2D eigenvalue weighted by Gasteiger charge is 2.13. The normalized spacial score (nSPS) is 10.9. The lowest BCUT2D eigenvalue weighted by atomic mass is 10.2. The lowest BCUT2D eigenvalue weighted by molar-refractivity contribution is 0.441. The summed E-state index contributed by atoms with van der Waals surface area (Å²) in [5.41, 5.74) is 6.45. The van der Waals surface area contributed by atoms with Crippen LogP contribution in [0.2, 0.25) is 0 Å². The van der Waals surface area contributed by atoms with Crippen LogP contribution in [-0.4, -0.2) is 31.0 Å². The summed E-state index contributed by atoms with van der Waals surface area (Å²) in [4.78, 5) is 29.3. The Morgan fingerprint density at radius 1 is 1.20 bits per heavy atom. The maximum atomic E-state index is 14.0. The number of halogens is 1. The van der Waals surface area contributed by atoms with Crippen LogP contribution in [-0.2, 0) is 7.05 Å². The zero-order valence-corrected chi connectivity index (χ0v) is 16.3. The second-order valence-electron chi connectivity index (χ2n) is 6.41. The van der Waals surface area contributed by atoms with Crippen LogP contribution in [0.1, 0.15) is 6.92 Å². The van der Waals surface area contributed by atoms with Crippen molar-refractivity contribution in [2.24, 2.45) is 7.05 Å². The van der Waals surface area contributed by atoms with Gasteiger partial charge in [-0.15, -0.1) is 0 Å². The Labute approximate surface area is 170 Å². The molecule has 4 rings (SSSR count). The van der Waals surface area contributed by atoms with Crippen molar-refractivity contribution >= 4 is 22.8 Å². The van der Waals surface area contributed by atoms with Gasteiger partial charge in [-0.25, -0.2) is 19.9 Å². The Hall–Kier alpha value is -4.08. The quantitative estimate of drug-likeness (QED) is 0.518. The van der Waals surface area contributed by atoms with Gasteiger partial charge in [0.1, 0.15) is 5.75 Å². The minimum Gasteiger partial charge on any atom is -0.452 e. The van der Waals surface area contributed by atoms with Crippen LogP contribution < -0.4 is 21.3 Å². The van der Waals surface area contributed by atoms with Gasteiger partial charge < -0.3 is 15.8 Å². The highest BCUT2D eigenvalue weighted by atomic mass is 19.1. The average Bonchev–Trinajstić information content (AvgIpc) is 2.75. The number of rotatable bonds is 5. The molecular formula is C20H18FN7O2. The van der Waals surface area contributed by atoms with Crippen molar-refractivity contribution < 1.29 is 9.13 Å². The molecule has 152 valence electrons. The van der Waals surface area contributed by atoms with Crippen molar-refractivity contribution in [2.75, 3.05) is 17.6 Å². The molecule has 0 saturated carbocycles. The Balaban J connectivity index is 1.68. The lowest BCUT2D eigenvalue weighted by Gasteiger charge is -2.10. The monoisotopic (exact) mass is 407 g/mol. The molecule has 0 bridgehead atoms. The van der Waals surface area contributed by atoms with Crippen LogP contribution in [0.5, 0.6) is 11.5 Å². The molecule has 0 aliphatic rings. The van der Waals surface area contributed by atoms with Crippen LogP contribution in [0, 0.1) is 5.82 Å². The molecule has 0 saturated heterocycles. The van der Waals surface area contributed by atoms with Gasteiger partial charge in [-0.1, -0.05) is 0 Å². The minimum atomic E-state index is -0.740. The zero-order valence-electron chi connectivity index (χ0n) is 16.3. The molecule has 3 N–H and O–H groups in total. The van der Waals surface area contributed by atoms with Gasteiger partial charge in [-0.3, -0.25) is 9.36 Å². The summed E-state index contributed by atoms with van der Waals surface area (Å²) < 4.78 is 21.0. The van der Waals surface area contributed by atoms with E-state index in [1.54, 1.807) is 25.2 Å². The van der Waals surface area contributed by atoms with Crippen LogP contribution in [0.3, 0.4) is 0 Å². The predicted octanol–water partition coefficient (Wildman–Crippen LogP) is 2.73. The van der Waals surface area contributed by atoms with E-state index in [1.807, 2.05) is 6.92 Å². The molecule has 0 fully saturated rings. The fraction of sp³-hybridized carbons (Fsp3) is 0.150. The first-order valence-electron chi connectivity index (χ1n) is 9.13. The van der Waals surface area contributed by atoms with Crippen molar-refractivity contribution in [3.05, 3.63) is 59.0 Å². The number of aromatic nitrogens is 5. The minimum absolute atomic E-state index is 0.0522. The molecule has 0 aromatic carbocycles. The maximum absolute atomic E-state index is 14.0. The first-order chi connectivity index (χ1) is 14.5. The third kappa shape index (κ3) is 3.50. The van der Waals surface area contributed by atoms with Gasteiger partial charge in [0.25, 0.3) is 5.56 Å². The van der Waals surface area contributed by atoms with Gasteiger partial charge in [0, 0.05) is 37.4 Å². The second kappa shape index (κ2) is 7.74. The molecule has 0 radical (unpaired) electrons. The number of anilines is 2. The van der Waals surface area contributed by atoms with Crippen molar-refractivity contribution in [3.8, 4) is 22.8 Å². The van der Waals surface area contributed by atoms with Gasteiger partial charge in [-0.05, 0) is 25.1 Å². The van der Waals surface area contributed by atoms with Crippen LogP contribution >= 0.6 is 0 Å². The fourth-order valence-electron chi connectivity index (χ4n) is 2.89. The molecule has 30 heavy (non-hydrogen) atoms. The summed E-state index contributed by atoms with van der Waals surface area (Å²) in [6.07, 6.45) is 4.26. The molecule has 0 spiro atoms. The van der Waals surface area contributed by atoms with Crippen molar-refractivity contribution in [1.29, 1.82) is 0 Å². The second-order valence-corrected chi connectivity index (χ2v) is 6.41. The van der Waals surface area contributed by atoms with Gasteiger partial charge >= 0.3 is 0 Å². The number of ether oxygens (including phenoxy) is 1. The van der Waals surface area contributed by atoms with Crippen LogP contribution in [0.4, 0.5) is 16.2 Å². The van der Waals surface area contributed by atoms with Crippen LogP contribution in [0.25, 0.3) is 22.3 Å². The number of nitrogens with zero attached hydrogens (tertiary/aromatic N) is 5. The van der Waals surface area contributed by atoms with E-state index in [-0.39, 0.29) is 17.1 Å². The number of nitrogens with one attached hydrogen (secondary N) is 1. The van der Waals surface area contributed by atoms with E-state index >= 15 is 0 Å². The maximum Gasteiger partial charge on any atom is 0.264 e. The molecule has 0 amide bonds. The molecule has 4 aromatic rings. The summed E-state index contributed by atoms with van der Waals surface area (Å²) >= 11 is 0. The molecule has 9 nitrogen and oxygen atoms in total. The summed E-state index contributed by atoms with van der Waals surface area (Å²) in [6.45, 7) is 2.57. The summed E-state index contributed by atoms with van der Waals surface area (Å²) in [5.74, 6) is -0.244. The van der Waals surface area contributed by atoms with Gasteiger partial charge in [0.2, 0.25) is 11.8 Å². The van der Waals surface area contributed by atoms with Crippen molar-refractivity contribution in [1.82, 2.24) is 24.5 Å². The van der Waals surface area contributed by atoms with E-state index in [2.05, 4.69) is 25.3 Å². The highest BCUT2D eigenvalue weighted by Crippen LogP contribution is 2.28. The molecule has 10 heteroatoms. The third-order valence-corrected chi connectivity index (χ3v) is 4.41. The molecule has 0 aliphatic heterocycles. The lowest BCUT2D eigenvalue weighted by Crippen LogP contribution is -2.23. The standard InChI is InChI=1S/C20H18FN7O2/c1-3-23-20-26-10-13(19(29)28(20)2)14-5-4-11-8-12(9-25-18(11)27-14)30-15-6-7-24-17(22)16(15)21/h4-10H,3H2,1-2H3,(H2,22,24)(H,23,26). The Bertz CT molecular complexity index is 1310. The zero-order chi connectivity index (χ0) is 21.3. The van der Waals surface area contributed by atoms with Crippen molar-refractivity contribution in [3.63, 3.8) is 0 Å². The number of fused-ring (bicyclic) bond motifs is 1. The van der Waals surface area contributed by atoms with E-state index in [0.29, 0.717) is 40.5 Å². The average molecular weight is 407 g/mol. The third-order valence-electron chi connectivity index (χ3n) is 4.41. The predicted molar refractivity (Wildman–Crippen MR) is 111 cm³/mol. The van der Waals surface area contributed by atoms with E-state index in [9.17, 15) is 9.18 Å². The fourth-order valence-corrected chi connectivity index (χ4v) is 2.89. The summed E-state index contributed by atoms with van der Waals surface area (Å²) in [7, 11) is 1.64. The van der Waals surface area contributed by atoms with Crippen LogP contribution in [0.15, 0.2) is 47.7 Å². The molecule has 0 unspecified atom stereocenters. The van der Waals surface area contributed by atoms with E-state index < -0.39 is 5.82 Å². The molecule has 0 aliphatic carbocycles. The topological polar surface area (TPSA) is 121 Å². The smallest absolute Gasteiger partial charge is 0.264 e. The highest BCUT2D eigenvalue weighted by molar-refractivity contribution is 5.79. The number of pyridine rings is 3. The molecule has 0 atom stereocenters. The number of nitrogens with two attached hydrogens (primary N) is 1. The van der Waals surface area contributed by atoms with Gasteiger partial charge in [0.05, 0.1) is 17.5 Å². The summed E-state index contributed by atoms with van der Waals surface area (Å²) in [5, 5.41) is 3.69. The Morgan fingerprint density at radius 2 is 2.03 bits per heavy atom. The first-order valence-corrected chi connectivity index (χ1v) is 9.13. The largest absolute Gasteiger partial charge is 0.452 e. The SMILES string of the molecule is CCNc1ncc(-c2ccc3cc(Oc4ccnc(N)c4F)cnc3n2)c(=O)n1C. The van der Waals surface area contributed by atoms with E-state index in [0.717, 1.165) is 0 Å². The van der Waals surface area contributed by atoms with Gasteiger partial charge in [-0.2, -0.15) is 4.39 Å². The molecule has 4 aromatic heterocycles. The number of nitrogen functional groups attached to an aromatic ring is 1. The van der Waals surface area contributed by atoms with Crippen molar-refractivity contribution in [2.45, 2.75) is 6.92 Å². The molecular weight excluding hydrogens is 389 g/mol. The Kier molecular flexibility index (Phi) is 4.97. The van der Waals surface area contributed by atoms with Gasteiger partial charge in [0.15, 0.2) is 17.2 Å². The number of hydrogen-bond acceptors (Lipinski definition) is 8. The van der Waals surface area contributed by atoms with E-state index in [1.165, 1.54) is 29.2 Å².